The van der Waals surface area contributed by atoms with Crippen molar-refractivity contribution in [3.8, 4) is 11.1 Å². The Bertz CT molecular complexity index is 1580. The largest absolute Gasteiger partial charge is 0.417 e. The number of pyridine rings is 1. The van der Waals surface area contributed by atoms with Crippen LogP contribution in [0.2, 0.25) is 0 Å². The molecule has 14 heteroatoms. The number of carbonyl (C=O) groups excluding carboxylic acids is 2. The van der Waals surface area contributed by atoms with Crippen LogP contribution in [0, 0.1) is 17.5 Å². The predicted molar refractivity (Wildman–Crippen MR) is 139 cm³/mol. The molecule has 1 fully saturated rings. The summed E-state index contributed by atoms with van der Waals surface area (Å²) >= 11 is 0. The van der Waals surface area contributed by atoms with Gasteiger partial charge in [0.05, 0.1) is 27.9 Å². The highest BCUT2D eigenvalue weighted by Gasteiger charge is 2.37. The number of H-pyrrole nitrogens is 1. The van der Waals surface area contributed by atoms with Gasteiger partial charge in [0.15, 0.2) is 5.82 Å². The third-order valence-corrected chi connectivity index (χ3v) is 7.13. The second-order valence-electron chi connectivity index (χ2n) is 9.85. The first-order chi connectivity index (χ1) is 19.1. The van der Waals surface area contributed by atoms with Crippen LogP contribution in [0.4, 0.5) is 37.7 Å². The molecule has 1 aromatic heterocycles. The molecule has 3 aromatic rings. The summed E-state index contributed by atoms with van der Waals surface area (Å²) in [5, 5.41) is 2.13. The Morgan fingerprint density at radius 2 is 1.63 bits per heavy atom. The smallest absolute Gasteiger partial charge is 0.367 e. The molecular formula is C27H25F6N5O3. The fraction of sp³-hybridized carbons (Fsp3) is 0.296. The Kier molecular flexibility index (Phi) is 7.89. The lowest BCUT2D eigenvalue weighted by molar-refractivity contribution is -0.138. The van der Waals surface area contributed by atoms with E-state index in [1.54, 1.807) is 4.90 Å². The molecule has 4 rings (SSSR count). The van der Waals surface area contributed by atoms with Gasteiger partial charge in [0.1, 0.15) is 17.3 Å². The summed E-state index contributed by atoms with van der Waals surface area (Å²) in [5.74, 6) is -6.19. The van der Waals surface area contributed by atoms with Gasteiger partial charge in [-0.15, -0.1) is 0 Å². The van der Waals surface area contributed by atoms with E-state index in [9.17, 15) is 31.9 Å². The SMILES string of the molecule is C[C@@H]1CN(c2cc(F)c(-c3ccc(F)c(C(N)=O)c3)c(F)c2NC(=O)c2c[nH]c(=O)cc2C(F)(F)F)C[C@H](C)N1C. The fourth-order valence-electron chi connectivity index (χ4n) is 4.79. The lowest BCUT2D eigenvalue weighted by Crippen LogP contribution is -2.55. The van der Waals surface area contributed by atoms with E-state index in [-0.39, 0.29) is 42.5 Å². The number of benzene rings is 2. The van der Waals surface area contributed by atoms with Crippen LogP contribution in [0.5, 0.6) is 0 Å². The summed E-state index contributed by atoms with van der Waals surface area (Å²) in [4.78, 5) is 41.9. The summed E-state index contributed by atoms with van der Waals surface area (Å²) < 4.78 is 86.8. The molecule has 1 aliphatic heterocycles. The van der Waals surface area contributed by atoms with Crippen LogP contribution in [-0.4, -0.2) is 53.9 Å². The molecule has 2 amide bonds. The fourth-order valence-corrected chi connectivity index (χ4v) is 4.79. The molecule has 0 spiro atoms. The molecule has 41 heavy (non-hydrogen) atoms. The minimum Gasteiger partial charge on any atom is -0.367 e. The molecule has 2 heterocycles. The van der Waals surface area contributed by atoms with Crippen molar-refractivity contribution in [1.82, 2.24) is 9.88 Å². The highest BCUT2D eigenvalue weighted by atomic mass is 19.4. The number of anilines is 2. The summed E-state index contributed by atoms with van der Waals surface area (Å²) in [7, 11) is 1.86. The van der Waals surface area contributed by atoms with Crippen LogP contribution in [0.3, 0.4) is 0 Å². The average molecular weight is 582 g/mol. The number of likely N-dealkylation sites (N-methyl/N-ethyl adjacent to an activating group) is 1. The Labute approximate surface area is 229 Å². The average Bonchev–Trinajstić information content (AvgIpc) is 2.88. The zero-order valence-electron chi connectivity index (χ0n) is 22.0. The molecule has 4 N–H and O–H groups in total. The highest BCUT2D eigenvalue weighted by molar-refractivity contribution is 6.07. The standard InChI is InChI=1S/C27H25F6N5O3/c1-12-10-38(11-13(2)37(12)3)20-8-19(29)22(14-4-5-18(28)15(6-14)25(34)40)23(30)24(20)36-26(41)16-9-35-21(39)7-17(16)27(31,32)33/h4-9,12-13H,10-11H2,1-3H3,(H2,34,40)(H,35,39)(H,36,41)/t12-,13+. The van der Waals surface area contributed by atoms with Gasteiger partial charge in [-0.25, -0.2) is 13.2 Å². The number of nitrogens with one attached hydrogen (secondary N) is 2. The molecule has 0 aliphatic carbocycles. The highest BCUT2D eigenvalue weighted by Crippen LogP contribution is 2.40. The van der Waals surface area contributed by atoms with Gasteiger partial charge in [-0.3, -0.25) is 19.3 Å². The number of aromatic nitrogens is 1. The minimum atomic E-state index is -5.10. The number of hydrogen-bond donors (Lipinski definition) is 3. The van der Waals surface area contributed by atoms with Crippen molar-refractivity contribution in [1.29, 1.82) is 0 Å². The topological polar surface area (TPSA) is 112 Å². The maximum Gasteiger partial charge on any atom is 0.417 e. The monoisotopic (exact) mass is 581 g/mol. The van der Waals surface area contributed by atoms with Crippen molar-refractivity contribution in [2.24, 2.45) is 5.73 Å². The number of amides is 2. The summed E-state index contributed by atoms with van der Waals surface area (Å²) in [6, 6.07) is 3.46. The number of nitrogens with zero attached hydrogens (tertiary/aromatic N) is 2. The van der Waals surface area contributed by atoms with Gasteiger partial charge in [0, 0.05) is 43.5 Å². The van der Waals surface area contributed by atoms with Crippen LogP contribution in [0.25, 0.3) is 11.1 Å². The van der Waals surface area contributed by atoms with E-state index in [2.05, 4.69) is 5.32 Å². The van der Waals surface area contributed by atoms with E-state index >= 15 is 8.78 Å². The Balaban J connectivity index is 1.91. The van der Waals surface area contributed by atoms with E-state index in [1.807, 2.05) is 30.8 Å². The van der Waals surface area contributed by atoms with Crippen molar-refractivity contribution < 1.29 is 35.9 Å². The van der Waals surface area contributed by atoms with Crippen LogP contribution in [0.1, 0.15) is 40.1 Å². The lowest BCUT2D eigenvalue weighted by atomic mass is 9.98. The second-order valence-corrected chi connectivity index (χ2v) is 9.85. The molecule has 1 saturated heterocycles. The van der Waals surface area contributed by atoms with Crippen LogP contribution in [0.15, 0.2) is 41.3 Å². The molecule has 8 nitrogen and oxygen atoms in total. The molecule has 1 aliphatic rings. The van der Waals surface area contributed by atoms with E-state index in [4.69, 9.17) is 5.73 Å². The van der Waals surface area contributed by atoms with Gasteiger partial charge >= 0.3 is 6.18 Å². The molecule has 2 aromatic carbocycles. The van der Waals surface area contributed by atoms with E-state index < -0.39 is 68.9 Å². The first-order valence-corrected chi connectivity index (χ1v) is 12.3. The number of aromatic amines is 1. The third-order valence-electron chi connectivity index (χ3n) is 7.13. The minimum absolute atomic E-state index is 0.112. The molecule has 218 valence electrons. The van der Waals surface area contributed by atoms with E-state index in [0.29, 0.717) is 6.20 Å². The van der Waals surface area contributed by atoms with E-state index in [1.165, 1.54) is 0 Å². The lowest BCUT2D eigenvalue weighted by Gasteiger charge is -2.44. The predicted octanol–water partition coefficient (Wildman–Crippen LogP) is 4.36. The quantitative estimate of drug-likeness (QED) is 0.388. The molecule has 0 radical (unpaired) electrons. The van der Waals surface area contributed by atoms with Crippen molar-refractivity contribution in [3.05, 3.63) is 81.0 Å². The summed E-state index contributed by atoms with van der Waals surface area (Å²) in [6.45, 7) is 4.22. The number of alkyl halides is 3. The van der Waals surface area contributed by atoms with Gasteiger partial charge in [-0.05, 0) is 38.6 Å². The van der Waals surface area contributed by atoms with Crippen molar-refractivity contribution in [3.63, 3.8) is 0 Å². The zero-order chi connectivity index (χ0) is 30.4. The zero-order valence-corrected chi connectivity index (χ0v) is 22.0. The Morgan fingerprint density at radius 3 is 2.22 bits per heavy atom. The normalized spacial score (nSPS) is 17.9. The van der Waals surface area contributed by atoms with Gasteiger partial charge in [-0.2, -0.15) is 13.2 Å². The molecular weight excluding hydrogens is 556 g/mol. The number of hydrogen-bond acceptors (Lipinski definition) is 5. The number of rotatable bonds is 5. The maximum absolute atomic E-state index is 16.2. The van der Waals surface area contributed by atoms with Crippen molar-refractivity contribution in [2.75, 3.05) is 30.4 Å². The third kappa shape index (κ3) is 5.78. The van der Waals surface area contributed by atoms with Crippen LogP contribution < -0.4 is 21.5 Å². The molecule has 0 saturated carbocycles. The first kappa shape index (κ1) is 29.6. The Morgan fingerprint density at radius 1 is 1.00 bits per heavy atom. The van der Waals surface area contributed by atoms with Gasteiger partial charge in [0.2, 0.25) is 5.56 Å². The molecule has 2 atom stereocenters. The van der Waals surface area contributed by atoms with Gasteiger partial charge in [-0.1, -0.05) is 6.07 Å². The number of halogens is 6. The van der Waals surface area contributed by atoms with Crippen LogP contribution >= 0.6 is 0 Å². The van der Waals surface area contributed by atoms with E-state index in [0.717, 1.165) is 24.3 Å². The summed E-state index contributed by atoms with van der Waals surface area (Å²) in [5.41, 5.74) is -1.07. The molecule has 0 unspecified atom stereocenters. The van der Waals surface area contributed by atoms with Crippen molar-refractivity contribution >= 4 is 23.2 Å². The summed E-state index contributed by atoms with van der Waals surface area (Å²) in [6.07, 6.45) is -4.56. The van der Waals surface area contributed by atoms with Crippen molar-refractivity contribution in [2.45, 2.75) is 32.1 Å². The number of piperazine rings is 1. The number of primary amides is 1. The molecule has 0 bridgehead atoms. The number of nitrogens with two attached hydrogens (primary N) is 1. The Hall–Kier alpha value is -4.33. The van der Waals surface area contributed by atoms with Gasteiger partial charge in [0.25, 0.3) is 11.8 Å². The first-order valence-electron chi connectivity index (χ1n) is 12.3. The second kappa shape index (κ2) is 10.9. The van der Waals surface area contributed by atoms with Crippen LogP contribution in [-0.2, 0) is 6.18 Å². The number of carbonyl (C=O) groups is 2. The van der Waals surface area contributed by atoms with Gasteiger partial charge < -0.3 is 20.9 Å². The maximum atomic E-state index is 16.2.